The maximum Gasteiger partial charge on any atom is 0.171 e. The number of nitrogens with zero attached hydrogens (tertiary/aromatic N) is 3. The van der Waals surface area contributed by atoms with E-state index in [2.05, 4.69) is 10.3 Å². The van der Waals surface area contributed by atoms with Crippen LogP contribution in [0.15, 0.2) is 45.5 Å². The minimum absolute atomic E-state index is 0.116. The second-order valence-electron chi connectivity index (χ2n) is 3.89. The molecule has 0 spiro atoms. The maximum atomic E-state index is 8.81. The fourth-order valence-electron chi connectivity index (χ4n) is 1.61. The van der Waals surface area contributed by atoms with Crippen LogP contribution in [-0.4, -0.2) is 20.8 Å². The molecule has 6 heteroatoms. The fourth-order valence-corrected chi connectivity index (χ4v) is 2.67. The molecule has 0 aliphatic heterocycles. The Morgan fingerprint density at radius 1 is 1.50 bits per heavy atom. The molecule has 0 unspecified atom stereocenters. The van der Waals surface area contributed by atoms with Crippen molar-refractivity contribution in [1.29, 1.82) is 0 Å². The van der Waals surface area contributed by atoms with Gasteiger partial charge in [0.05, 0.1) is 11.1 Å². The number of hydrogen-bond acceptors (Lipinski definition) is 4. The van der Waals surface area contributed by atoms with E-state index in [1.807, 2.05) is 38.4 Å². The Kier molecular flexibility index (Phi) is 3.57. The van der Waals surface area contributed by atoms with Crippen molar-refractivity contribution < 1.29 is 5.21 Å². The first kappa shape index (κ1) is 12.5. The third-order valence-corrected chi connectivity index (χ3v) is 3.69. The van der Waals surface area contributed by atoms with Crippen LogP contribution in [0.3, 0.4) is 0 Å². The molecule has 0 radical (unpaired) electrons. The molecule has 0 bridgehead atoms. The zero-order valence-corrected chi connectivity index (χ0v) is 11.0. The van der Waals surface area contributed by atoms with Gasteiger partial charge in [-0.05, 0) is 18.6 Å². The molecule has 2 rings (SSSR count). The Labute approximate surface area is 109 Å². The number of oxime groups is 1. The molecular weight excluding hydrogens is 248 g/mol. The van der Waals surface area contributed by atoms with Crippen molar-refractivity contribution in [2.75, 3.05) is 0 Å². The summed E-state index contributed by atoms with van der Waals surface area (Å²) in [5.74, 6) is 0.116. The lowest BCUT2D eigenvalue weighted by molar-refractivity contribution is 0.318. The van der Waals surface area contributed by atoms with Crippen LogP contribution < -0.4 is 5.73 Å². The Morgan fingerprint density at radius 3 is 2.89 bits per heavy atom. The molecule has 0 amide bonds. The monoisotopic (exact) mass is 262 g/mol. The van der Waals surface area contributed by atoms with Gasteiger partial charge in [0.2, 0.25) is 0 Å². The van der Waals surface area contributed by atoms with E-state index >= 15 is 0 Å². The summed E-state index contributed by atoms with van der Waals surface area (Å²) in [6.45, 7) is 1.99. The molecule has 0 saturated heterocycles. The lowest BCUT2D eigenvalue weighted by atomic mass is 10.1. The molecule has 1 aromatic carbocycles. The van der Waals surface area contributed by atoms with E-state index in [-0.39, 0.29) is 5.84 Å². The number of rotatable bonds is 3. The van der Waals surface area contributed by atoms with Crippen LogP contribution in [0.2, 0.25) is 0 Å². The zero-order valence-electron chi connectivity index (χ0n) is 10.2. The summed E-state index contributed by atoms with van der Waals surface area (Å²) in [6, 6.07) is 5.71. The number of aromatic nitrogens is 2. The van der Waals surface area contributed by atoms with Crippen molar-refractivity contribution in [2.45, 2.75) is 16.7 Å². The number of nitrogens with two attached hydrogens (primary N) is 1. The van der Waals surface area contributed by atoms with E-state index in [9.17, 15) is 0 Å². The van der Waals surface area contributed by atoms with Crippen LogP contribution >= 0.6 is 11.8 Å². The Morgan fingerprint density at radius 2 is 2.28 bits per heavy atom. The van der Waals surface area contributed by atoms with Gasteiger partial charge >= 0.3 is 0 Å². The second kappa shape index (κ2) is 5.14. The number of benzene rings is 1. The highest BCUT2D eigenvalue weighted by molar-refractivity contribution is 7.99. The number of aryl methyl sites for hydroxylation is 2. The molecule has 0 aliphatic rings. The third-order valence-electron chi connectivity index (χ3n) is 2.50. The molecular formula is C12H14N4OS. The van der Waals surface area contributed by atoms with E-state index in [4.69, 9.17) is 10.9 Å². The highest BCUT2D eigenvalue weighted by atomic mass is 32.2. The molecule has 5 nitrogen and oxygen atoms in total. The SMILES string of the molecule is Cc1cccc(/C(N)=N/O)c1Sc1cnn(C)c1. The first-order chi connectivity index (χ1) is 8.61. The van der Waals surface area contributed by atoms with E-state index in [0.29, 0.717) is 0 Å². The van der Waals surface area contributed by atoms with Crippen molar-refractivity contribution >= 4 is 17.6 Å². The Balaban J connectivity index is 2.43. The van der Waals surface area contributed by atoms with Gasteiger partial charge < -0.3 is 10.9 Å². The number of hydrogen-bond donors (Lipinski definition) is 2. The second-order valence-corrected chi connectivity index (χ2v) is 4.97. The summed E-state index contributed by atoms with van der Waals surface area (Å²) < 4.78 is 1.74. The minimum atomic E-state index is 0.116. The molecule has 1 aromatic heterocycles. The fraction of sp³-hybridized carbons (Fsp3) is 0.167. The summed E-state index contributed by atoms with van der Waals surface area (Å²) in [4.78, 5) is 1.99. The smallest absolute Gasteiger partial charge is 0.171 e. The average Bonchev–Trinajstić information content (AvgIpc) is 2.76. The normalized spacial score (nSPS) is 11.8. The van der Waals surface area contributed by atoms with Crippen molar-refractivity contribution in [2.24, 2.45) is 17.9 Å². The molecule has 0 aliphatic carbocycles. The third kappa shape index (κ3) is 2.48. The highest BCUT2D eigenvalue weighted by Crippen LogP contribution is 2.32. The average molecular weight is 262 g/mol. The predicted molar refractivity (Wildman–Crippen MR) is 71.0 cm³/mol. The van der Waals surface area contributed by atoms with Crippen LogP contribution in [0.5, 0.6) is 0 Å². The summed E-state index contributed by atoms with van der Waals surface area (Å²) in [5.41, 5.74) is 7.49. The quantitative estimate of drug-likeness (QED) is 0.384. The van der Waals surface area contributed by atoms with Gasteiger partial charge in [0, 0.05) is 23.7 Å². The summed E-state index contributed by atoms with van der Waals surface area (Å²) in [5, 5.41) is 16.0. The molecule has 2 aromatic rings. The van der Waals surface area contributed by atoms with Crippen LogP contribution in [0.4, 0.5) is 0 Å². The molecule has 18 heavy (non-hydrogen) atoms. The molecule has 0 atom stereocenters. The zero-order chi connectivity index (χ0) is 13.1. The Bertz CT molecular complexity index is 592. The molecule has 94 valence electrons. The van der Waals surface area contributed by atoms with Crippen molar-refractivity contribution in [3.8, 4) is 0 Å². The largest absolute Gasteiger partial charge is 0.409 e. The molecule has 0 fully saturated rings. The van der Waals surface area contributed by atoms with Gasteiger partial charge in [0.25, 0.3) is 0 Å². The van der Waals surface area contributed by atoms with Gasteiger partial charge in [-0.15, -0.1) is 0 Å². The van der Waals surface area contributed by atoms with Crippen molar-refractivity contribution in [3.05, 3.63) is 41.7 Å². The lowest BCUT2D eigenvalue weighted by Gasteiger charge is -2.09. The van der Waals surface area contributed by atoms with Crippen molar-refractivity contribution in [1.82, 2.24) is 9.78 Å². The molecule has 0 saturated carbocycles. The van der Waals surface area contributed by atoms with Gasteiger partial charge in [-0.25, -0.2) is 0 Å². The number of amidine groups is 1. The van der Waals surface area contributed by atoms with Crippen LogP contribution in [0, 0.1) is 6.92 Å². The molecule has 3 N–H and O–H groups in total. The van der Waals surface area contributed by atoms with Crippen LogP contribution in [0.25, 0.3) is 0 Å². The van der Waals surface area contributed by atoms with Gasteiger partial charge in [-0.2, -0.15) is 5.10 Å². The maximum absolute atomic E-state index is 8.81. The Hall–Kier alpha value is -1.95. The molecule has 1 heterocycles. The van der Waals surface area contributed by atoms with Crippen LogP contribution in [-0.2, 0) is 7.05 Å². The van der Waals surface area contributed by atoms with E-state index in [1.165, 1.54) is 0 Å². The first-order valence-electron chi connectivity index (χ1n) is 5.36. The van der Waals surface area contributed by atoms with Gasteiger partial charge in [0.15, 0.2) is 5.84 Å². The summed E-state index contributed by atoms with van der Waals surface area (Å²) >= 11 is 1.55. The standard InChI is InChI=1S/C12H14N4OS/c1-8-4-3-5-10(12(13)15-17)11(8)18-9-6-14-16(2)7-9/h3-7,17H,1-2H3,(H2,13,15). The lowest BCUT2D eigenvalue weighted by Crippen LogP contribution is -2.14. The van der Waals surface area contributed by atoms with E-state index in [1.54, 1.807) is 22.6 Å². The first-order valence-corrected chi connectivity index (χ1v) is 6.17. The predicted octanol–water partition coefficient (Wildman–Crippen LogP) is 1.97. The summed E-state index contributed by atoms with van der Waals surface area (Å²) in [7, 11) is 1.87. The van der Waals surface area contributed by atoms with Gasteiger partial charge in [-0.3, -0.25) is 4.68 Å². The van der Waals surface area contributed by atoms with Gasteiger partial charge in [-0.1, -0.05) is 29.1 Å². The van der Waals surface area contributed by atoms with E-state index < -0.39 is 0 Å². The minimum Gasteiger partial charge on any atom is -0.409 e. The van der Waals surface area contributed by atoms with Crippen LogP contribution in [0.1, 0.15) is 11.1 Å². The topological polar surface area (TPSA) is 76.4 Å². The highest BCUT2D eigenvalue weighted by Gasteiger charge is 2.11. The van der Waals surface area contributed by atoms with Crippen molar-refractivity contribution in [3.63, 3.8) is 0 Å². The van der Waals surface area contributed by atoms with Gasteiger partial charge in [0.1, 0.15) is 0 Å². The van der Waals surface area contributed by atoms with E-state index in [0.717, 1.165) is 20.9 Å². The summed E-state index contributed by atoms with van der Waals surface area (Å²) in [6.07, 6.45) is 3.71.